The number of carbonyl (C=O) groups excluding carboxylic acids is 1. The molecule has 30 heavy (non-hydrogen) atoms. The summed E-state index contributed by atoms with van der Waals surface area (Å²) in [5.74, 6) is 0.862. The average Bonchev–Trinajstić information content (AvgIpc) is 2.94. The molecule has 0 saturated carbocycles. The van der Waals surface area contributed by atoms with Crippen LogP contribution in [0.3, 0.4) is 0 Å². The van der Waals surface area contributed by atoms with Gasteiger partial charge in [0.1, 0.15) is 11.0 Å². The van der Waals surface area contributed by atoms with Crippen LogP contribution >= 0.6 is 11.6 Å². The number of carbonyl (C=O) groups is 1. The minimum Gasteiger partial charge on any atom is -0.357 e. The number of amides is 1. The minimum atomic E-state index is -0.164. The Labute approximate surface area is 184 Å². The maximum Gasteiger partial charge on any atom is 0.244 e. The fourth-order valence-electron chi connectivity index (χ4n) is 3.63. The first-order chi connectivity index (χ1) is 14.6. The van der Waals surface area contributed by atoms with E-state index in [1.807, 2.05) is 19.2 Å². The molecule has 1 aliphatic rings. The van der Waals surface area contributed by atoms with Crippen LogP contribution in [0.25, 0.3) is 6.08 Å². The van der Waals surface area contributed by atoms with Crippen LogP contribution in [0.1, 0.15) is 62.3 Å². The molecule has 3 heterocycles. The van der Waals surface area contributed by atoms with Gasteiger partial charge in [-0.1, -0.05) is 43.9 Å². The predicted octanol–water partition coefficient (Wildman–Crippen LogP) is 4.75. The normalized spacial score (nSPS) is 14.8. The summed E-state index contributed by atoms with van der Waals surface area (Å²) < 4.78 is 1.80. The molecule has 0 bridgehead atoms. The molecule has 1 fully saturated rings. The van der Waals surface area contributed by atoms with Crippen molar-refractivity contribution in [2.75, 3.05) is 18.0 Å². The van der Waals surface area contributed by atoms with E-state index in [0.29, 0.717) is 11.7 Å². The van der Waals surface area contributed by atoms with E-state index >= 15 is 0 Å². The van der Waals surface area contributed by atoms with Crippen LogP contribution in [0.5, 0.6) is 0 Å². The Morgan fingerprint density at radius 2 is 2.00 bits per heavy atom. The smallest absolute Gasteiger partial charge is 0.244 e. The highest BCUT2D eigenvalue weighted by atomic mass is 35.5. The van der Waals surface area contributed by atoms with Crippen molar-refractivity contribution in [2.45, 2.75) is 65.5 Å². The van der Waals surface area contributed by atoms with Crippen LogP contribution in [0.2, 0.25) is 5.15 Å². The van der Waals surface area contributed by atoms with Gasteiger partial charge in [-0.05, 0) is 43.9 Å². The summed E-state index contributed by atoms with van der Waals surface area (Å²) in [4.78, 5) is 19.2. The van der Waals surface area contributed by atoms with Gasteiger partial charge in [0.05, 0.1) is 5.69 Å². The molecule has 1 saturated heterocycles. The number of pyridine rings is 1. The Balaban J connectivity index is 1.52. The second-order valence-electron chi connectivity index (χ2n) is 7.84. The average molecular weight is 430 g/mol. The SMILES string of the molecule is CCCCn1nc(C)c(/C=C/C(=O)NCc2ccc(N3CCCCCC3)nc2)c1Cl. The Kier molecular flexibility index (Phi) is 8.31. The molecule has 2 aromatic rings. The molecule has 0 radical (unpaired) electrons. The van der Waals surface area contributed by atoms with E-state index in [1.54, 1.807) is 10.8 Å². The van der Waals surface area contributed by atoms with Crippen LogP contribution in [-0.2, 0) is 17.9 Å². The Morgan fingerprint density at radius 3 is 2.67 bits per heavy atom. The molecule has 0 atom stereocenters. The lowest BCUT2D eigenvalue weighted by molar-refractivity contribution is -0.116. The summed E-state index contributed by atoms with van der Waals surface area (Å²) in [6, 6.07) is 4.09. The van der Waals surface area contributed by atoms with Crippen LogP contribution in [-0.4, -0.2) is 33.8 Å². The number of nitrogens with one attached hydrogen (secondary N) is 1. The summed E-state index contributed by atoms with van der Waals surface area (Å²) >= 11 is 6.42. The highest BCUT2D eigenvalue weighted by molar-refractivity contribution is 6.31. The summed E-state index contributed by atoms with van der Waals surface area (Å²) in [5.41, 5.74) is 2.61. The first-order valence-corrected chi connectivity index (χ1v) is 11.3. The van der Waals surface area contributed by atoms with E-state index in [2.05, 4.69) is 33.3 Å². The summed E-state index contributed by atoms with van der Waals surface area (Å²) in [6.07, 6.45) is 12.3. The molecule has 0 spiro atoms. The fraction of sp³-hybridized carbons (Fsp3) is 0.522. The lowest BCUT2D eigenvalue weighted by Crippen LogP contribution is -2.25. The van der Waals surface area contributed by atoms with E-state index in [-0.39, 0.29) is 5.91 Å². The number of rotatable bonds is 8. The summed E-state index contributed by atoms with van der Waals surface area (Å²) in [5, 5.41) is 7.95. The summed E-state index contributed by atoms with van der Waals surface area (Å²) in [6.45, 7) is 7.42. The molecule has 2 aromatic heterocycles. The van der Waals surface area contributed by atoms with Gasteiger partial charge in [0.25, 0.3) is 0 Å². The Morgan fingerprint density at radius 1 is 1.23 bits per heavy atom. The van der Waals surface area contributed by atoms with Crippen molar-refractivity contribution in [3.8, 4) is 0 Å². The predicted molar refractivity (Wildman–Crippen MR) is 123 cm³/mol. The fourth-order valence-corrected chi connectivity index (χ4v) is 3.95. The van der Waals surface area contributed by atoms with Gasteiger partial charge < -0.3 is 10.2 Å². The van der Waals surface area contributed by atoms with Crippen molar-refractivity contribution in [3.63, 3.8) is 0 Å². The molecule has 1 aliphatic heterocycles. The monoisotopic (exact) mass is 429 g/mol. The van der Waals surface area contributed by atoms with Gasteiger partial charge in [-0.3, -0.25) is 9.48 Å². The number of anilines is 1. The highest BCUT2D eigenvalue weighted by Crippen LogP contribution is 2.22. The second-order valence-corrected chi connectivity index (χ2v) is 8.20. The number of halogens is 1. The lowest BCUT2D eigenvalue weighted by Gasteiger charge is -2.21. The van der Waals surface area contributed by atoms with Crippen LogP contribution < -0.4 is 10.2 Å². The molecule has 0 aromatic carbocycles. The Hall–Kier alpha value is -2.34. The van der Waals surface area contributed by atoms with Crippen molar-refractivity contribution >= 4 is 29.4 Å². The van der Waals surface area contributed by atoms with Crippen molar-refractivity contribution in [3.05, 3.63) is 46.4 Å². The standard InChI is InChI=1S/C23H32ClN5O/c1-3-4-15-29-23(24)20(18(2)27-29)10-12-22(30)26-17-19-9-11-21(25-16-19)28-13-7-5-6-8-14-28/h9-12,16H,3-8,13-15,17H2,1-2H3,(H,26,30)/b12-10+. The van der Waals surface area contributed by atoms with E-state index in [4.69, 9.17) is 11.6 Å². The van der Waals surface area contributed by atoms with Gasteiger partial charge in [0.15, 0.2) is 0 Å². The summed E-state index contributed by atoms with van der Waals surface area (Å²) in [7, 11) is 0. The number of aryl methyl sites for hydroxylation is 2. The third-order valence-electron chi connectivity index (χ3n) is 5.44. The molecular formula is C23H32ClN5O. The van der Waals surface area contributed by atoms with Crippen LogP contribution in [0.15, 0.2) is 24.4 Å². The first kappa shape index (κ1) is 22.3. The number of unbranched alkanes of at least 4 members (excludes halogenated alkanes) is 1. The molecule has 1 amide bonds. The number of aromatic nitrogens is 3. The van der Waals surface area contributed by atoms with Gasteiger partial charge >= 0.3 is 0 Å². The molecule has 0 unspecified atom stereocenters. The quantitative estimate of drug-likeness (QED) is 0.615. The largest absolute Gasteiger partial charge is 0.357 e. The molecule has 6 nitrogen and oxygen atoms in total. The van der Waals surface area contributed by atoms with Crippen molar-refractivity contribution < 1.29 is 4.79 Å². The molecule has 1 N–H and O–H groups in total. The highest BCUT2D eigenvalue weighted by Gasteiger charge is 2.12. The van der Waals surface area contributed by atoms with Gasteiger partial charge in [-0.25, -0.2) is 4.98 Å². The van der Waals surface area contributed by atoms with Crippen LogP contribution in [0.4, 0.5) is 5.82 Å². The van der Waals surface area contributed by atoms with E-state index in [1.165, 1.54) is 31.8 Å². The maximum absolute atomic E-state index is 12.2. The third-order valence-corrected chi connectivity index (χ3v) is 5.84. The number of nitrogens with zero attached hydrogens (tertiary/aromatic N) is 4. The Bertz CT molecular complexity index is 851. The van der Waals surface area contributed by atoms with E-state index in [0.717, 1.165) is 55.1 Å². The number of hydrogen-bond acceptors (Lipinski definition) is 4. The van der Waals surface area contributed by atoms with Gasteiger partial charge in [0, 0.05) is 44.0 Å². The maximum atomic E-state index is 12.2. The van der Waals surface area contributed by atoms with Gasteiger partial charge in [-0.15, -0.1) is 0 Å². The molecule has 162 valence electrons. The zero-order chi connectivity index (χ0) is 21.3. The topological polar surface area (TPSA) is 63.1 Å². The van der Waals surface area contributed by atoms with Crippen LogP contribution in [0, 0.1) is 6.92 Å². The third kappa shape index (κ3) is 6.08. The minimum absolute atomic E-state index is 0.164. The van der Waals surface area contributed by atoms with E-state index in [9.17, 15) is 4.79 Å². The zero-order valence-corrected chi connectivity index (χ0v) is 18.8. The van der Waals surface area contributed by atoms with E-state index < -0.39 is 0 Å². The zero-order valence-electron chi connectivity index (χ0n) is 18.0. The molecule has 0 aliphatic carbocycles. The van der Waals surface area contributed by atoms with Crippen molar-refractivity contribution in [1.29, 1.82) is 0 Å². The molecular weight excluding hydrogens is 398 g/mol. The molecule has 3 rings (SSSR count). The lowest BCUT2D eigenvalue weighted by atomic mass is 10.2. The van der Waals surface area contributed by atoms with Gasteiger partial charge in [0.2, 0.25) is 5.91 Å². The number of hydrogen-bond donors (Lipinski definition) is 1. The first-order valence-electron chi connectivity index (χ1n) is 11.0. The van der Waals surface area contributed by atoms with Crippen molar-refractivity contribution in [2.24, 2.45) is 0 Å². The van der Waals surface area contributed by atoms with Gasteiger partial charge in [-0.2, -0.15) is 5.10 Å². The second kappa shape index (κ2) is 11.2. The molecule has 7 heteroatoms. The van der Waals surface area contributed by atoms with Crippen molar-refractivity contribution in [1.82, 2.24) is 20.1 Å².